The fourth-order valence-electron chi connectivity index (χ4n) is 4.62. The molecule has 2 aromatic carbocycles. The Morgan fingerprint density at radius 3 is 2.45 bits per heavy atom. The average Bonchev–Trinajstić information content (AvgIpc) is 2.94. The van der Waals surface area contributed by atoms with Gasteiger partial charge >= 0.3 is 6.18 Å². The number of alkyl halides is 3. The Bertz CT molecular complexity index is 1290. The zero-order valence-electron chi connectivity index (χ0n) is 22.0. The van der Waals surface area contributed by atoms with Gasteiger partial charge in [0.05, 0.1) is 23.9 Å². The summed E-state index contributed by atoms with van der Waals surface area (Å²) >= 11 is 0. The lowest BCUT2D eigenvalue weighted by molar-refractivity contribution is -0.164. The molecule has 1 saturated heterocycles. The van der Waals surface area contributed by atoms with Gasteiger partial charge < -0.3 is 25.8 Å². The Kier molecular flexibility index (Phi) is 9.11. The number of carbonyl (C=O) groups excluding carboxylic acids is 2. The highest BCUT2D eigenvalue weighted by atomic mass is 19.4. The number of hydrogen-bond donors (Lipinski definition) is 3. The van der Waals surface area contributed by atoms with Gasteiger partial charge in [0.25, 0.3) is 0 Å². The number of piperazine rings is 1. The van der Waals surface area contributed by atoms with Gasteiger partial charge in [0, 0.05) is 25.8 Å². The van der Waals surface area contributed by atoms with E-state index in [0.717, 1.165) is 16.0 Å². The summed E-state index contributed by atoms with van der Waals surface area (Å²) in [6, 6.07) is 18.2. The highest BCUT2D eigenvalue weighted by molar-refractivity contribution is 5.83. The fourth-order valence-corrected chi connectivity index (χ4v) is 4.62. The summed E-state index contributed by atoms with van der Waals surface area (Å²) in [5, 5.41) is 18.4. The van der Waals surface area contributed by atoms with E-state index < -0.39 is 30.8 Å². The first kappa shape index (κ1) is 28.7. The second-order valence-corrected chi connectivity index (χ2v) is 9.82. The van der Waals surface area contributed by atoms with E-state index in [1.54, 1.807) is 35.4 Å². The Balaban J connectivity index is 1.34. The second-order valence-electron chi connectivity index (χ2n) is 9.82. The smallest absolute Gasteiger partial charge is 0.366 e. The number of halogens is 3. The van der Waals surface area contributed by atoms with Crippen LogP contribution in [0.5, 0.6) is 0 Å². The molecule has 4 rings (SSSR count). The van der Waals surface area contributed by atoms with Gasteiger partial charge in [-0.2, -0.15) is 18.4 Å². The molecule has 2 aliphatic heterocycles. The number of allylic oxidation sites excluding steroid dienone is 1. The quantitative estimate of drug-likeness (QED) is 0.442. The molecular weight excluding hydrogens is 521 g/mol. The van der Waals surface area contributed by atoms with Crippen LogP contribution in [0.15, 0.2) is 78.6 Å². The summed E-state index contributed by atoms with van der Waals surface area (Å²) in [5.74, 6) is -0.738. The van der Waals surface area contributed by atoms with Crippen LogP contribution in [-0.2, 0) is 9.59 Å². The van der Waals surface area contributed by atoms with Crippen molar-refractivity contribution in [3.63, 3.8) is 0 Å². The first-order chi connectivity index (χ1) is 19.1. The van der Waals surface area contributed by atoms with Crippen molar-refractivity contribution in [1.29, 1.82) is 5.26 Å². The van der Waals surface area contributed by atoms with E-state index in [1.165, 1.54) is 0 Å². The minimum absolute atomic E-state index is 0.0188. The highest BCUT2D eigenvalue weighted by Crippen LogP contribution is 2.21. The summed E-state index contributed by atoms with van der Waals surface area (Å²) in [5.41, 5.74) is 3.09. The number of amides is 2. The monoisotopic (exact) mass is 552 g/mol. The van der Waals surface area contributed by atoms with E-state index in [4.69, 9.17) is 5.26 Å². The largest absolute Gasteiger partial charge is 0.406 e. The zero-order valence-corrected chi connectivity index (χ0v) is 22.0. The molecule has 3 atom stereocenters. The van der Waals surface area contributed by atoms with Crippen molar-refractivity contribution in [3.05, 3.63) is 95.3 Å². The van der Waals surface area contributed by atoms with Gasteiger partial charge in [-0.1, -0.05) is 49.4 Å². The van der Waals surface area contributed by atoms with Gasteiger partial charge in [-0.15, -0.1) is 0 Å². The van der Waals surface area contributed by atoms with Crippen molar-refractivity contribution in [2.45, 2.75) is 31.2 Å². The summed E-state index contributed by atoms with van der Waals surface area (Å²) in [4.78, 5) is 28.1. The van der Waals surface area contributed by atoms with E-state index in [1.807, 2.05) is 49.4 Å². The molecule has 0 spiro atoms. The minimum Gasteiger partial charge on any atom is -0.366 e. The molecule has 210 valence electrons. The lowest BCUT2D eigenvalue weighted by Gasteiger charge is -2.37. The Labute approximate surface area is 231 Å². The van der Waals surface area contributed by atoms with Crippen LogP contribution >= 0.6 is 0 Å². The summed E-state index contributed by atoms with van der Waals surface area (Å²) in [7, 11) is 0. The van der Waals surface area contributed by atoms with Crippen LogP contribution in [0.25, 0.3) is 0 Å². The predicted molar refractivity (Wildman–Crippen MR) is 143 cm³/mol. The number of nitriles is 1. The molecule has 2 aromatic rings. The number of dihydropyridines is 1. The summed E-state index contributed by atoms with van der Waals surface area (Å²) in [6.07, 6.45) is 0.189. The first-order valence-electron chi connectivity index (χ1n) is 13.0. The summed E-state index contributed by atoms with van der Waals surface area (Å²) < 4.78 is 38.0. The van der Waals surface area contributed by atoms with Crippen molar-refractivity contribution >= 4 is 11.8 Å². The van der Waals surface area contributed by atoms with Gasteiger partial charge in [-0.3, -0.25) is 9.59 Å². The van der Waals surface area contributed by atoms with Crippen LogP contribution in [0.3, 0.4) is 0 Å². The van der Waals surface area contributed by atoms with Crippen molar-refractivity contribution in [2.24, 2.45) is 0 Å². The molecule has 0 radical (unpaired) electrons. The fraction of sp³-hybridized carbons (Fsp3) is 0.345. The first-order valence-corrected chi connectivity index (χ1v) is 13.0. The topological polar surface area (TPSA) is 100 Å². The van der Waals surface area contributed by atoms with E-state index in [9.17, 15) is 22.8 Å². The van der Waals surface area contributed by atoms with Crippen molar-refractivity contribution < 1.29 is 22.8 Å². The number of nitrogens with one attached hydrogen (secondary N) is 3. The molecule has 8 nitrogen and oxygen atoms in total. The van der Waals surface area contributed by atoms with Gasteiger partial charge in [-0.25, -0.2) is 0 Å². The van der Waals surface area contributed by atoms with Crippen molar-refractivity contribution in [1.82, 2.24) is 25.8 Å². The van der Waals surface area contributed by atoms with E-state index in [2.05, 4.69) is 22.0 Å². The van der Waals surface area contributed by atoms with Crippen LogP contribution < -0.4 is 16.0 Å². The predicted octanol–water partition coefficient (Wildman–Crippen LogP) is 3.14. The standard InChI is InChI=1S/C29H31F3N6O2/c1-20(22-9-7-21(15-33)8-10-22)16-35-27(23-5-3-2-4-6-23)28(40)36-25-12-11-24(17-34-25)37-13-14-38(26(39)18-37)19-29(30,31)32/h2-12,17,20,25,27,34-35H,13-14,16,18-19H2,1H3,(H,36,40). The van der Waals surface area contributed by atoms with Crippen molar-refractivity contribution in [3.8, 4) is 6.07 Å². The third kappa shape index (κ3) is 7.64. The molecule has 3 N–H and O–H groups in total. The molecular formula is C29H31F3N6O2. The lowest BCUT2D eigenvalue weighted by atomic mass is 9.98. The number of nitrogens with zero attached hydrogens (tertiary/aromatic N) is 3. The molecule has 40 heavy (non-hydrogen) atoms. The van der Waals surface area contributed by atoms with E-state index in [0.29, 0.717) is 17.8 Å². The molecule has 2 amide bonds. The summed E-state index contributed by atoms with van der Waals surface area (Å²) in [6.45, 7) is 1.42. The van der Waals surface area contributed by atoms with Crippen LogP contribution in [0.1, 0.15) is 35.6 Å². The van der Waals surface area contributed by atoms with Gasteiger partial charge in [-0.05, 0) is 41.3 Å². The van der Waals surface area contributed by atoms with Crippen LogP contribution in [0.2, 0.25) is 0 Å². The molecule has 11 heteroatoms. The lowest BCUT2D eigenvalue weighted by Crippen LogP contribution is -2.53. The Morgan fingerprint density at radius 1 is 1.12 bits per heavy atom. The Morgan fingerprint density at radius 2 is 1.85 bits per heavy atom. The molecule has 0 saturated carbocycles. The maximum Gasteiger partial charge on any atom is 0.406 e. The SMILES string of the molecule is CC(CNC(C(=O)NC1C=CC(N2CCN(CC(F)(F)F)C(=O)C2)=CN1)c1ccccc1)c1ccc(C#N)cc1. The maximum atomic E-state index is 13.4. The number of rotatable bonds is 9. The van der Waals surface area contributed by atoms with Crippen molar-refractivity contribution in [2.75, 3.05) is 32.7 Å². The van der Waals surface area contributed by atoms with E-state index in [-0.39, 0.29) is 31.5 Å². The molecule has 1 fully saturated rings. The molecule has 0 aromatic heterocycles. The molecule has 0 aliphatic carbocycles. The van der Waals surface area contributed by atoms with Crippen LogP contribution in [0.4, 0.5) is 13.2 Å². The third-order valence-corrected chi connectivity index (χ3v) is 6.85. The van der Waals surface area contributed by atoms with Crippen LogP contribution in [0, 0.1) is 11.3 Å². The van der Waals surface area contributed by atoms with Gasteiger partial charge in [0.2, 0.25) is 11.8 Å². The second kappa shape index (κ2) is 12.7. The average molecular weight is 553 g/mol. The molecule has 0 bridgehead atoms. The van der Waals surface area contributed by atoms with E-state index >= 15 is 0 Å². The molecule has 2 heterocycles. The normalized spacial score (nSPS) is 18.8. The zero-order chi connectivity index (χ0) is 28.7. The maximum absolute atomic E-state index is 13.4. The Hall–Kier alpha value is -4.30. The van der Waals surface area contributed by atoms with Crippen LogP contribution in [-0.4, -0.2) is 66.7 Å². The third-order valence-electron chi connectivity index (χ3n) is 6.85. The van der Waals surface area contributed by atoms with Gasteiger partial charge in [0.1, 0.15) is 18.8 Å². The molecule has 3 unspecified atom stereocenters. The minimum atomic E-state index is -4.43. The number of hydrogen-bond acceptors (Lipinski definition) is 6. The van der Waals surface area contributed by atoms with Gasteiger partial charge in [0.15, 0.2) is 0 Å². The highest BCUT2D eigenvalue weighted by Gasteiger charge is 2.35. The number of benzene rings is 2. The molecule has 2 aliphatic rings. The number of carbonyl (C=O) groups is 2.